The summed E-state index contributed by atoms with van der Waals surface area (Å²) in [5.41, 5.74) is 3.67. The lowest BCUT2D eigenvalue weighted by Gasteiger charge is -2.10. The first-order valence-corrected chi connectivity index (χ1v) is 7.56. The third-order valence-corrected chi connectivity index (χ3v) is 3.46. The highest BCUT2D eigenvalue weighted by molar-refractivity contribution is 5.65. The molecule has 0 aliphatic carbocycles. The molecule has 114 valence electrons. The topological polar surface area (TPSA) is 29.9 Å². The lowest BCUT2D eigenvalue weighted by atomic mass is 10.0. The maximum Gasteiger partial charge on any atom is 0.128 e. The van der Waals surface area contributed by atoms with Gasteiger partial charge in [0.2, 0.25) is 0 Å². The minimum atomic E-state index is -0.160. The van der Waals surface area contributed by atoms with Crippen LogP contribution in [0.25, 0.3) is 11.1 Å². The van der Waals surface area contributed by atoms with Crippen LogP contribution in [-0.2, 0) is 20.0 Å². The summed E-state index contributed by atoms with van der Waals surface area (Å²) in [7, 11) is 1.90. The summed E-state index contributed by atoms with van der Waals surface area (Å²) in [6.45, 7) is 6.79. The normalized spacial score (nSPS) is 11.3. The lowest BCUT2D eigenvalue weighted by molar-refractivity contribution is 0.553. The lowest BCUT2D eigenvalue weighted by Crippen LogP contribution is -2.22. The molecule has 3 nitrogen and oxygen atoms in total. The van der Waals surface area contributed by atoms with Crippen molar-refractivity contribution in [3.8, 4) is 11.1 Å². The minimum absolute atomic E-state index is 0.160. The minimum Gasteiger partial charge on any atom is -0.310 e. The SMILES string of the molecule is CCCc1nn(C)cc1-c1ccc(CNC(C)C)c(F)c1. The Kier molecular flexibility index (Phi) is 5.12. The molecule has 0 bridgehead atoms. The predicted molar refractivity (Wildman–Crippen MR) is 84.6 cm³/mol. The van der Waals surface area contributed by atoms with Crippen molar-refractivity contribution in [2.45, 2.75) is 46.2 Å². The molecular formula is C17H24FN3. The molecule has 0 amide bonds. The molecule has 1 aromatic heterocycles. The molecule has 4 heteroatoms. The molecular weight excluding hydrogens is 265 g/mol. The van der Waals surface area contributed by atoms with Crippen LogP contribution in [0.15, 0.2) is 24.4 Å². The number of nitrogens with zero attached hydrogens (tertiary/aromatic N) is 2. The van der Waals surface area contributed by atoms with Gasteiger partial charge in [0.25, 0.3) is 0 Å². The summed E-state index contributed by atoms with van der Waals surface area (Å²) in [4.78, 5) is 0. The van der Waals surface area contributed by atoms with Crippen LogP contribution >= 0.6 is 0 Å². The molecule has 0 radical (unpaired) electrons. The summed E-state index contributed by atoms with van der Waals surface area (Å²) >= 11 is 0. The molecule has 0 aliphatic heterocycles. The predicted octanol–water partition coefficient (Wildman–Crippen LogP) is 3.68. The summed E-state index contributed by atoms with van der Waals surface area (Å²) < 4.78 is 16.0. The van der Waals surface area contributed by atoms with E-state index in [0.29, 0.717) is 18.2 Å². The first-order valence-electron chi connectivity index (χ1n) is 7.56. The zero-order chi connectivity index (χ0) is 15.4. The van der Waals surface area contributed by atoms with Crippen molar-refractivity contribution in [2.24, 2.45) is 7.05 Å². The van der Waals surface area contributed by atoms with Crippen LogP contribution in [-0.4, -0.2) is 15.8 Å². The molecule has 21 heavy (non-hydrogen) atoms. The Morgan fingerprint density at radius 1 is 1.33 bits per heavy atom. The van der Waals surface area contributed by atoms with Gasteiger partial charge in [0.05, 0.1) is 5.69 Å². The van der Waals surface area contributed by atoms with Gasteiger partial charge >= 0.3 is 0 Å². The average molecular weight is 289 g/mol. The number of hydrogen-bond acceptors (Lipinski definition) is 2. The molecule has 0 spiro atoms. The second kappa shape index (κ2) is 6.85. The highest BCUT2D eigenvalue weighted by atomic mass is 19.1. The molecule has 0 fully saturated rings. The summed E-state index contributed by atoms with van der Waals surface area (Å²) in [5.74, 6) is -0.160. The van der Waals surface area contributed by atoms with Crippen molar-refractivity contribution in [2.75, 3.05) is 0 Å². The summed E-state index contributed by atoms with van der Waals surface area (Å²) in [6, 6.07) is 5.81. The van der Waals surface area contributed by atoms with Gasteiger partial charge in [-0.2, -0.15) is 5.10 Å². The Balaban J connectivity index is 2.27. The molecule has 0 atom stereocenters. The molecule has 1 aromatic carbocycles. The van der Waals surface area contributed by atoms with Crippen LogP contribution in [0.4, 0.5) is 4.39 Å². The van der Waals surface area contributed by atoms with Crippen LogP contribution in [0.1, 0.15) is 38.4 Å². The van der Waals surface area contributed by atoms with Gasteiger partial charge in [0.15, 0.2) is 0 Å². The molecule has 0 unspecified atom stereocenters. The number of rotatable bonds is 6. The molecule has 0 saturated heterocycles. The number of aryl methyl sites for hydroxylation is 2. The molecule has 1 heterocycles. The largest absolute Gasteiger partial charge is 0.310 e. The quantitative estimate of drug-likeness (QED) is 0.879. The number of nitrogens with one attached hydrogen (secondary N) is 1. The Bertz CT molecular complexity index is 602. The molecule has 0 aliphatic rings. The molecule has 0 saturated carbocycles. The van der Waals surface area contributed by atoms with Gasteiger partial charge in [-0.3, -0.25) is 4.68 Å². The summed E-state index contributed by atoms with van der Waals surface area (Å²) in [6.07, 6.45) is 3.91. The smallest absolute Gasteiger partial charge is 0.128 e. The Hall–Kier alpha value is -1.68. The van der Waals surface area contributed by atoms with E-state index in [-0.39, 0.29) is 5.82 Å². The second-order valence-electron chi connectivity index (χ2n) is 5.75. The van der Waals surface area contributed by atoms with Gasteiger partial charge in [0.1, 0.15) is 5.82 Å². The fourth-order valence-electron chi connectivity index (χ4n) is 2.37. The van der Waals surface area contributed by atoms with Crippen molar-refractivity contribution in [1.82, 2.24) is 15.1 Å². The van der Waals surface area contributed by atoms with E-state index in [2.05, 4.69) is 31.2 Å². The zero-order valence-corrected chi connectivity index (χ0v) is 13.3. The van der Waals surface area contributed by atoms with E-state index in [1.54, 1.807) is 10.7 Å². The fraction of sp³-hybridized carbons (Fsp3) is 0.471. The van der Waals surface area contributed by atoms with Crippen molar-refractivity contribution in [3.05, 3.63) is 41.5 Å². The third kappa shape index (κ3) is 3.91. The van der Waals surface area contributed by atoms with Crippen molar-refractivity contribution >= 4 is 0 Å². The first kappa shape index (κ1) is 15.7. The van der Waals surface area contributed by atoms with Crippen LogP contribution in [0.2, 0.25) is 0 Å². The van der Waals surface area contributed by atoms with E-state index in [9.17, 15) is 4.39 Å². The molecule has 2 aromatic rings. The average Bonchev–Trinajstić information content (AvgIpc) is 2.78. The maximum absolute atomic E-state index is 14.2. The maximum atomic E-state index is 14.2. The van der Waals surface area contributed by atoms with Gasteiger partial charge in [-0.15, -0.1) is 0 Å². The highest BCUT2D eigenvalue weighted by Crippen LogP contribution is 2.25. The van der Waals surface area contributed by atoms with Crippen LogP contribution < -0.4 is 5.32 Å². The standard InChI is InChI=1S/C17H24FN3/c1-5-6-17-15(11-21(4)20-17)13-7-8-14(16(18)9-13)10-19-12(2)3/h7-9,11-12,19H,5-6,10H2,1-4H3. The number of hydrogen-bond donors (Lipinski definition) is 1. The first-order chi connectivity index (χ1) is 10.0. The van der Waals surface area contributed by atoms with Crippen molar-refractivity contribution < 1.29 is 4.39 Å². The molecule has 1 N–H and O–H groups in total. The van der Waals surface area contributed by atoms with E-state index >= 15 is 0 Å². The Morgan fingerprint density at radius 3 is 2.71 bits per heavy atom. The van der Waals surface area contributed by atoms with Gasteiger partial charge in [-0.05, 0) is 18.1 Å². The number of halogens is 1. The van der Waals surface area contributed by atoms with E-state index in [4.69, 9.17) is 0 Å². The van der Waals surface area contributed by atoms with Crippen molar-refractivity contribution in [3.63, 3.8) is 0 Å². The summed E-state index contributed by atoms with van der Waals surface area (Å²) in [5, 5.41) is 7.71. The number of aromatic nitrogens is 2. The van der Waals surface area contributed by atoms with Crippen LogP contribution in [0.5, 0.6) is 0 Å². The highest BCUT2D eigenvalue weighted by Gasteiger charge is 2.12. The van der Waals surface area contributed by atoms with E-state index in [1.807, 2.05) is 25.4 Å². The molecule has 2 rings (SSSR count). The monoisotopic (exact) mass is 289 g/mol. The fourth-order valence-corrected chi connectivity index (χ4v) is 2.37. The van der Waals surface area contributed by atoms with Crippen LogP contribution in [0.3, 0.4) is 0 Å². The number of benzene rings is 1. The van der Waals surface area contributed by atoms with Crippen LogP contribution in [0, 0.1) is 5.82 Å². The second-order valence-corrected chi connectivity index (χ2v) is 5.75. The van der Waals surface area contributed by atoms with E-state index in [0.717, 1.165) is 29.7 Å². The third-order valence-electron chi connectivity index (χ3n) is 3.46. The van der Waals surface area contributed by atoms with Gasteiger partial charge in [0, 0.05) is 37.0 Å². The van der Waals surface area contributed by atoms with Crippen molar-refractivity contribution in [1.29, 1.82) is 0 Å². The van der Waals surface area contributed by atoms with Gasteiger partial charge in [-0.25, -0.2) is 4.39 Å². The zero-order valence-electron chi connectivity index (χ0n) is 13.3. The van der Waals surface area contributed by atoms with E-state index < -0.39 is 0 Å². The van der Waals surface area contributed by atoms with Gasteiger partial charge in [-0.1, -0.05) is 39.3 Å². The van der Waals surface area contributed by atoms with E-state index in [1.165, 1.54) is 0 Å². The van der Waals surface area contributed by atoms with Gasteiger partial charge < -0.3 is 5.32 Å². The Morgan fingerprint density at radius 2 is 2.10 bits per heavy atom. The Labute approximate surface area is 126 Å².